The van der Waals surface area contributed by atoms with Gasteiger partial charge in [0.2, 0.25) is 0 Å². The minimum Gasteiger partial charge on any atom is -0.394 e. The lowest BCUT2D eigenvalue weighted by Gasteiger charge is -1.92. The van der Waals surface area contributed by atoms with Gasteiger partial charge in [0.15, 0.2) is 0 Å². The minimum absolute atomic E-state index is 0.884. The number of terminal acetylenes is 1. The summed E-state index contributed by atoms with van der Waals surface area (Å²) in [5, 5.41) is 2.92. The van der Waals surface area contributed by atoms with Gasteiger partial charge in [0.1, 0.15) is 0 Å². The third-order valence-electron chi connectivity index (χ3n) is 1.48. The Kier molecular flexibility index (Phi) is 16.4. The number of hydrogen-bond acceptors (Lipinski definition) is 2. The van der Waals surface area contributed by atoms with E-state index >= 15 is 0 Å². The van der Waals surface area contributed by atoms with Gasteiger partial charge < -0.3 is 5.32 Å². The van der Waals surface area contributed by atoms with Crippen LogP contribution in [0.15, 0.2) is 41.6 Å². The van der Waals surface area contributed by atoms with Crippen LogP contribution in [0.4, 0.5) is 0 Å². The van der Waals surface area contributed by atoms with Crippen molar-refractivity contribution in [2.45, 2.75) is 20.3 Å². The molecule has 0 aliphatic heterocycles. The number of nitrogens with zero attached hydrogens (tertiary/aromatic N) is 1. The Hall–Kier alpha value is -1.75. The first-order chi connectivity index (χ1) is 7.76. The second-order valence-corrected chi connectivity index (χ2v) is 2.78. The van der Waals surface area contributed by atoms with Crippen LogP contribution in [0.25, 0.3) is 0 Å². The molecule has 0 atom stereocenters. The topological polar surface area (TPSA) is 24.4 Å². The molecule has 0 saturated heterocycles. The van der Waals surface area contributed by atoms with Crippen molar-refractivity contribution in [3.63, 3.8) is 0 Å². The van der Waals surface area contributed by atoms with Crippen LogP contribution in [-0.2, 0) is 0 Å². The molecule has 0 fully saturated rings. The lowest BCUT2D eigenvalue weighted by atomic mass is 10.2. The summed E-state index contributed by atoms with van der Waals surface area (Å²) in [4.78, 5) is 4.13. The lowest BCUT2D eigenvalue weighted by molar-refractivity contribution is 1.10. The predicted molar refractivity (Wildman–Crippen MR) is 74.6 cm³/mol. The van der Waals surface area contributed by atoms with Gasteiger partial charge in [0.05, 0.1) is 0 Å². The van der Waals surface area contributed by atoms with E-state index in [1.54, 1.807) is 6.92 Å². The second kappa shape index (κ2) is 15.7. The van der Waals surface area contributed by atoms with Gasteiger partial charge in [-0.3, -0.25) is 4.99 Å². The molecule has 16 heavy (non-hydrogen) atoms. The van der Waals surface area contributed by atoms with Crippen molar-refractivity contribution in [2.75, 3.05) is 14.1 Å². The van der Waals surface area contributed by atoms with E-state index in [-0.39, 0.29) is 0 Å². The Labute approximate surface area is 99.9 Å². The predicted octanol–water partition coefficient (Wildman–Crippen LogP) is 2.95. The first-order valence-electron chi connectivity index (χ1n) is 5.21. The highest BCUT2D eigenvalue weighted by molar-refractivity contribution is 5.95. The van der Waals surface area contributed by atoms with Crippen molar-refractivity contribution in [1.29, 1.82) is 0 Å². The Morgan fingerprint density at radius 3 is 2.50 bits per heavy atom. The quantitative estimate of drug-likeness (QED) is 0.428. The van der Waals surface area contributed by atoms with Crippen LogP contribution in [0.3, 0.4) is 0 Å². The lowest BCUT2D eigenvalue weighted by Crippen LogP contribution is -1.90. The molecule has 0 aliphatic rings. The molecule has 0 aromatic carbocycles. The summed E-state index contributed by atoms with van der Waals surface area (Å²) in [6, 6.07) is 0. The van der Waals surface area contributed by atoms with E-state index in [0.717, 1.165) is 12.1 Å². The number of aliphatic imine (C=N–C) groups is 1. The van der Waals surface area contributed by atoms with E-state index < -0.39 is 0 Å². The van der Waals surface area contributed by atoms with Crippen LogP contribution in [0.2, 0.25) is 0 Å². The van der Waals surface area contributed by atoms with Crippen molar-refractivity contribution >= 4 is 5.71 Å². The van der Waals surface area contributed by atoms with E-state index in [1.165, 1.54) is 0 Å². The molecule has 0 unspecified atom stereocenters. The zero-order valence-electron chi connectivity index (χ0n) is 10.7. The summed E-state index contributed by atoms with van der Waals surface area (Å²) in [5.74, 6) is 2.25. The van der Waals surface area contributed by atoms with Gasteiger partial charge in [-0.15, -0.1) is 12.3 Å². The van der Waals surface area contributed by atoms with Gasteiger partial charge in [0, 0.05) is 26.2 Å². The van der Waals surface area contributed by atoms with Crippen LogP contribution in [0, 0.1) is 12.3 Å². The molecule has 0 aliphatic carbocycles. The molecular formula is C14H22N2. The maximum absolute atomic E-state index is 4.60. The Bertz CT molecular complexity index is 288. The SMILES string of the molecule is C#CC.C/C=C\C(C/C=C\C=C/NC)=NC. The zero-order chi connectivity index (χ0) is 12.6. The Morgan fingerprint density at radius 1 is 1.44 bits per heavy atom. The summed E-state index contributed by atoms with van der Waals surface area (Å²) < 4.78 is 0. The molecular weight excluding hydrogens is 196 g/mol. The molecule has 0 heterocycles. The molecule has 0 saturated carbocycles. The molecule has 2 heteroatoms. The third-order valence-corrected chi connectivity index (χ3v) is 1.48. The van der Waals surface area contributed by atoms with Crippen molar-refractivity contribution in [2.24, 2.45) is 4.99 Å². The standard InChI is InChI=1S/C11H18N2.C3H4/c1-4-8-11(13-3)9-6-5-7-10-12-2;1-3-2/h4-8,10,12H,9H2,1-3H3;1H,2H3/b6-5-,8-4-,10-7-,13-11?;. The summed E-state index contributed by atoms with van der Waals surface area (Å²) >= 11 is 0. The van der Waals surface area contributed by atoms with Gasteiger partial charge in [0.25, 0.3) is 0 Å². The molecule has 0 spiro atoms. The average Bonchev–Trinajstić information content (AvgIpc) is 2.28. The van der Waals surface area contributed by atoms with Crippen LogP contribution in [0.1, 0.15) is 20.3 Å². The van der Waals surface area contributed by atoms with Crippen LogP contribution >= 0.6 is 0 Å². The molecule has 0 aromatic heterocycles. The van der Waals surface area contributed by atoms with Crippen LogP contribution in [-0.4, -0.2) is 19.8 Å². The minimum atomic E-state index is 0.884. The summed E-state index contributed by atoms with van der Waals surface area (Å²) in [6.45, 7) is 3.65. The number of nitrogens with one attached hydrogen (secondary N) is 1. The zero-order valence-corrected chi connectivity index (χ0v) is 10.7. The molecule has 1 N–H and O–H groups in total. The second-order valence-electron chi connectivity index (χ2n) is 2.78. The largest absolute Gasteiger partial charge is 0.394 e. The van der Waals surface area contributed by atoms with Gasteiger partial charge in [-0.05, 0) is 32.2 Å². The fourth-order valence-electron chi connectivity index (χ4n) is 0.845. The number of allylic oxidation sites excluding steroid dienone is 5. The van der Waals surface area contributed by atoms with E-state index in [4.69, 9.17) is 0 Å². The third kappa shape index (κ3) is 14.8. The molecule has 88 valence electrons. The van der Waals surface area contributed by atoms with E-state index in [9.17, 15) is 0 Å². The normalized spacial score (nSPS) is 11.6. The Morgan fingerprint density at radius 2 is 2.06 bits per heavy atom. The van der Waals surface area contributed by atoms with E-state index in [1.807, 2.05) is 51.5 Å². The monoisotopic (exact) mass is 218 g/mol. The van der Waals surface area contributed by atoms with E-state index in [2.05, 4.69) is 28.7 Å². The van der Waals surface area contributed by atoms with E-state index in [0.29, 0.717) is 0 Å². The first kappa shape index (κ1) is 16.7. The molecule has 0 amide bonds. The first-order valence-corrected chi connectivity index (χ1v) is 5.21. The van der Waals surface area contributed by atoms with Crippen molar-refractivity contribution in [3.05, 3.63) is 36.6 Å². The molecule has 0 bridgehead atoms. The summed E-state index contributed by atoms with van der Waals surface area (Å²) in [6.07, 6.45) is 17.4. The fourth-order valence-corrected chi connectivity index (χ4v) is 0.845. The van der Waals surface area contributed by atoms with Crippen LogP contribution in [0.5, 0.6) is 0 Å². The maximum Gasteiger partial charge on any atom is 0.0379 e. The average molecular weight is 218 g/mol. The van der Waals surface area contributed by atoms with Crippen molar-refractivity contribution in [1.82, 2.24) is 5.32 Å². The van der Waals surface area contributed by atoms with Crippen molar-refractivity contribution in [3.8, 4) is 12.3 Å². The highest BCUT2D eigenvalue weighted by Gasteiger charge is 1.85. The van der Waals surface area contributed by atoms with Crippen LogP contribution < -0.4 is 5.32 Å². The molecule has 2 nitrogen and oxygen atoms in total. The number of hydrogen-bond donors (Lipinski definition) is 1. The number of rotatable bonds is 5. The molecule has 0 rings (SSSR count). The molecule has 0 radical (unpaired) electrons. The van der Waals surface area contributed by atoms with Crippen molar-refractivity contribution < 1.29 is 0 Å². The highest BCUT2D eigenvalue weighted by Crippen LogP contribution is 1.91. The highest BCUT2D eigenvalue weighted by atomic mass is 14.8. The fraction of sp³-hybridized carbons (Fsp3) is 0.357. The van der Waals surface area contributed by atoms with Gasteiger partial charge in [-0.25, -0.2) is 0 Å². The summed E-state index contributed by atoms with van der Waals surface area (Å²) in [5.41, 5.74) is 1.09. The van der Waals surface area contributed by atoms with Gasteiger partial charge in [-0.1, -0.05) is 18.2 Å². The molecule has 0 aromatic rings. The summed E-state index contributed by atoms with van der Waals surface area (Å²) in [7, 11) is 3.69. The van der Waals surface area contributed by atoms with Gasteiger partial charge >= 0.3 is 0 Å². The Balaban J connectivity index is 0. The van der Waals surface area contributed by atoms with Gasteiger partial charge in [-0.2, -0.15) is 0 Å². The smallest absolute Gasteiger partial charge is 0.0379 e. The maximum atomic E-state index is 4.60.